The van der Waals surface area contributed by atoms with Gasteiger partial charge in [-0.1, -0.05) is 44.0 Å². The summed E-state index contributed by atoms with van der Waals surface area (Å²) in [6, 6.07) is 11.4. The number of ether oxygens (including phenoxy) is 1. The van der Waals surface area contributed by atoms with Gasteiger partial charge in [0, 0.05) is 5.56 Å². The number of aryl methyl sites for hydroxylation is 2. The molecule has 0 spiro atoms. The largest absolute Gasteiger partial charge is 0.573 e. The Hall–Kier alpha value is -2.96. The van der Waals surface area contributed by atoms with Crippen LogP contribution in [0, 0.1) is 17.5 Å². The first-order valence-corrected chi connectivity index (χ1v) is 11.8. The van der Waals surface area contributed by atoms with Crippen molar-refractivity contribution in [2.45, 2.75) is 64.1 Å². The van der Waals surface area contributed by atoms with Gasteiger partial charge >= 0.3 is 6.36 Å². The topological polar surface area (TPSA) is 9.23 Å². The summed E-state index contributed by atoms with van der Waals surface area (Å²) in [7, 11) is 0. The van der Waals surface area contributed by atoms with E-state index in [1.807, 2.05) is 0 Å². The molecule has 3 aromatic carbocycles. The molecule has 3 aromatic rings. The first-order chi connectivity index (χ1) is 16.7. The highest BCUT2D eigenvalue weighted by Crippen LogP contribution is 2.38. The molecule has 1 unspecified atom stereocenters. The Morgan fingerprint density at radius 2 is 1.63 bits per heavy atom. The molecule has 0 amide bonds. The Labute approximate surface area is 200 Å². The number of halogens is 6. The predicted molar refractivity (Wildman–Crippen MR) is 123 cm³/mol. The Balaban J connectivity index is 1.53. The number of unbranched alkanes of at least 4 members (excludes halogenated alkanes) is 2. The molecule has 1 atom stereocenters. The molecule has 4 rings (SSSR count). The van der Waals surface area contributed by atoms with Gasteiger partial charge in [-0.05, 0) is 90.1 Å². The van der Waals surface area contributed by atoms with Crippen LogP contribution in [-0.2, 0) is 19.3 Å². The van der Waals surface area contributed by atoms with E-state index in [1.165, 1.54) is 18.2 Å². The molecule has 0 saturated heterocycles. The number of benzene rings is 3. The summed E-state index contributed by atoms with van der Waals surface area (Å²) in [6.45, 7) is 2.05. The van der Waals surface area contributed by atoms with E-state index in [1.54, 1.807) is 18.2 Å². The zero-order valence-corrected chi connectivity index (χ0v) is 19.3. The highest BCUT2D eigenvalue weighted by molar-refractivity contribution is 5.67. The van der Waals surface area contributed by atoms with Crippen molar-refractivity contribution in [2.24, 2.45) is 0 Å². The lowest BCUT2D eigenvalue weighted by atomic mass is 9.78. The quantitative estimate of drug-likeness (QED) is 0.237. The third-order valence-corrected chi connectivity index (χ3v) is 6.60. The SMILES string of the molecule is CCCCCc1ccc(C2CCc3cc(-c4ccc(OC(F)(F)F)cc4)c(F)cc3C2)c(F)c1F. The molecule has 1 aliphatic rings. The second-order valence-corrected chi connectivity index (χ2v) is 9.01. The Morgan fingerprint density at radius 1 is 0.886 bits per heavy atom. The summed E-state index contributed by atoms with van der Waals surface area (Å²) in [5.74, 6) is -2.76. The Kier molecular flexibility index (Phi) is 7.43. The smallest absolute Gasteiger partial charge is 0.406 e. The van der Waals surface area contributed by atoms with E-state index in [0.29, 0.717) is 42.4 Å². The van der Waals surface area contributed by atoms with Crippen LogP contribution in [0.15, 0.2) is 48.5 Å². The van der Waals surface area contributed by atoms with E-state index in [0.717, 1.165) is 42.5 Å². The molecule has 0 radical (unpaired) electrons. The highest BCUT2D eigenvalue weighted by atomic mass is 19.4. The number of alkyl halides is 3. The summed E-state index contributed by atoms with van der Waals surface area (Å²) in [5, 5.41) is 0. The first kappa shape index (κ1) is 25.1. The molecular formula is C28H26F6O. The van der Waals surface area contributed by atoms with Gasteiger partial charge in [0.15, 0.2) is 11.6 Å². The van der Waals surface area contributed by atoms with E-state index in [9.17, 15) is 26.3 Å². The van der Waals surface area contributed by atoms with Crippen molar-refractivity contribution in [1.82, 2.24) is 0 Å². The van der Waals surface area contributed by atoms with Gasteiger partial charge in [-0.2, -0.15) is 0 Å². The van der Waals surface area contributed by atoms with Crippen molar-refractivity contribution in [3.63, 3.8) is 0 Å². The monoisotopic (exact) mass is 492 g/mol. The summed E-state index contributed by atoms with van der Waals surface area (Å²) in [5.41, 5.74) is 3.02. The maximum atomic E-state index is 15.0. The average Bonchev–Trinajstić information content (AvgIpc) is 2.81. The summed E-state index contributed by atoms with van der Waals surface area (Å²) >= 11 is 0. The summed E-state index contributed by atoms with van der Waals surface area (Å²) in [4.78, 5) is 0. The number of rotatable bonds is 7. The fourth-order valence-electron chi connectivity index (χ4n) is 4.78. The van der Waals surface area contributed by atoms with Gasteiger partial charge in [0.25, 0.3) is 0 Å². The maximum Gasteiger partial charge on any atom is 0.573 e. The van der Waals surface area contributed by atoms with Crippen LogP contribution in [0.2, 0.25) is 0 Å². The molecule has 1 aliphatic carbocycles. The molecular weight excluding hydrogens is 466 g/mol. The standard InChI is InChI=1S/C28H26F6O/c1-2-3-4-5-18-10-13-23(27(31)26(18)30)20-7-6-19-15-24(25(29)16-21(19)14-20)17-8-11-22(12-9-17)35-28(32,33)34/h8-13,15-16,20H,2-7,14H2,1H3. The zero-order chi connectivity index (χ0) is 25.2. The predicted octanol–water partition coefficient (Wildman–Crippen LogP) is 8.67. The van der Waals surface area contributed by atoms with Gasteiger partial charge in [0.05, 0.1) is 0 Å². The molecule has 0 N–H and O–H groups in total. The van der Waals surface area contributed by atoms with Gasteiger partial charge in [0.1, 0.15) is 11.6 Å². The second kappa shape index (κ2) is 10.3. The molecule has 0 bridgehead atoms. The number of fused-ring (bicyclic) bond motifs is 1. The van der Waals surface area contributed by atoms with E-state index in [2.05, 4.69) is 11.7 Å². The minimum atomic E-state index is -4.80. The second-order valence-electron chi connectivity index (χ2n) is 9.01. The van der Waals surface area contributed by atoms with Crippen LogP contribution in [0.5, 0.6) is 5.75 Å². The molecule has 0 heterocycles. The summed E-state index contributed by atoms with van der Waals surface area (Å²) in [6.07, 6.45) is -0.00148. The molecule has 0 aliphatic heterocycles. The van der Waals surface area contributed by atoms with Gasteiger partial charge in [-0.25, -0.2) is 13.2 Å². The van der Waals surface area contributed by atoms with Crippen LogP contribution in [0.4, 0.5) is 26.3 Å². The van der Waals surface area contributed by atoms with E-state index in [-0.39, 0.29) is 17.2 Å². The Bertz CT molecular complexity index is 1180. The third kappa shape index (κ3) is 5.82. The van der Waals surface area contributed by atoms with Crippen molar-refractivity contribution < 1.29 is 31.1 Å². The molecule has 0 saturated carbocycles. The molecule has 0 aromatic heterocycles. The van der Waals surface area contributed by atoms with Gasteiger partial charge in [-0.3, -0.25) is 0 Å². The van der Waals surface area contributed by atoms with Crippen LogP contribution >= 0.6 is 0 Å². The zero-order valence-electron chi connectivity index (χ0n) is 19.3. The van der Waals surface area contributed by atoms with Crippen LogP contribution in [0.25, 0.3) is 11.1 Å². The third-order valence-electron chi connectivity index (χ3n) is 6.60. The normalized spacial score (nSPS) is 15.7. The van der Waals surface area contributed by atoms with Crippen LogP contribution in [0.3, 0.4) is 0 Å². The van der Waals surface area contributed by atoms with Crippen molar-refractivity contribution in [2.75, 3.05) is 0 Å². The fraction of sp³-hybridized carbons (Fsp3) is 0.357. The lowest BCUT2D eigenvalue weighted by Crippen LogP contribution is -2.17. The summed E-state index contributed by atoms with van der Waals surface area (Å²) < 4.78 is 85.5. The van der Waals surface area contributed by atoms with Crippen molar-refractivity contribution >= 4 is 0 Å². The van der Waals surface area contributed by atoms with E-state index >= 15 is 0 Å². The number of hydrogen-bond acceptors (Lipinski definition) is 1. The van der Waals surface area contributed by atoms with Crippen molar-refractivity contribution in [3.05, 3.63) is 88.2 Å². The molecule has 0 fully saturated rings. The van der Waals surface area contributed by atoms with Crippen molar-refractivity contribution in [3.8, 4) is 16.9 Å². The fourth-order valence-corrected chi connectivity index (χ4v) is 4.78. The van der Waals surface area contributed by atoms with Gasteiger partial charge in [0.2, 0.25) is 0 Å². The average molecular weight is 493 g/mol. The minimum Gasteiger partial charge on any atom is -0.406 e. The van der Waals surface area contributed by atoms with Crippen LogP contribution in [-0.4, -0.2) is 6.36 Å². The minimum absolute atomic E-state index is 0.259. The molecule has 186 valence electrons. The molecule has 35 heavy (non-hydrogen) atoms. The van der Waals surface area contributed by atoms with Gasteiger partial charge in [-0.15, -0.1) is 13.2 Å². The lowest BCUT2D eigenvalue weighted by Gasteiger charge is -2.26. The maximum absolute atomic E-state index is 15.0. The lowest BCUT2D eigenvalue weighted by molar-refractivity contribution is -0.274. The molecule has 7 heteroatoms. The van der Waals surface area contributed by atoms with E-state index < -0.39 is 23.8 Å². The first-order valence-electron chi connectivity index (χ1n) is 11.8. The number of hydrogen-bond donors (Lipinski definition) is 0. The van der Waals surface area contributed by atoms with Gasteiger partial charge < -0.3 is 4.74 Å². The highest BCUT2D eigenvalue weighted by Gasteiger charge is 2.31. The van der Waals surface area contributed by atoms with Crippen LogP contribution in [0.1, 0.15) is 60.8 Å². The van der Waals surface area contributed by atoms with Crippen LogP contribution < -0.4 is 4.74 Å². The Morgan fingerprint density at radius 3 is 2.31 bits per heavy atom. The van der Waals surface area contributed by atoms with E-state index in [4.69, 9.17) is 0 Å². The molecule has 1 nitrogen and oxygen atoms in total. The van der Waals surface area contributed by atoms with Crippen molar-refractivity contribution in [1.29, 1.82) is 0 Å².